The molecule has 180 valence electrons. The second-order valence-corrected chi connectivity index (χ2v) is 8.90. The van der Waals surface area contributed by atoms with Crippen LogP contribution in [0.2, 0.25) is 0 Å². The summed E-state index contributed by atoms with van der Waals surface area (Å²) < 4.78 is 10.8. The van der Waals surface area contributed by atoms with Gasteiger partial charge in [0.2, 0.25) is 0 Å². The number of carboxylic acid groups (broad SMARTS) is 1. The second-order valence-electron chi connectivity index (χ2n) is 8.90. The lowest BCUT2D eigenvalue weighted by atomic mass is 9.77. The molecule has 0 atom stereocenters. The van der Waals surface area contributed by atoms with E-state index < -0.39 is 23.4 Å². The minimum Gasteiger partial charge on any atom is -0.481 e. The number of hydrogen-bond acceptors (Lipinski definition) is 6. The van der Waals surface area contributed by atoms with Crippen molar-refractivity contribution < 1.29 is 28.6 Å². The molecule has 9 heteroatoms. The Labute approximate surface area is 201 Å². The van der Waals surface area contributed by atoms with Gasteiger partial charge in [-0.05, 0) is 28.7 Å². The number of amides is 2. The molecule has 1 aliphatic carbocycles. The van der Waals surface area contributed by atoms with Crippen LogP contribution in [-0.2, 0) is 16.1 Å². The fourth-order valence-corrected chi connectivity index (χ4v) is 4.86. The van der Waals surface area contributed by atoms with Crippen LogP contribution in [0.15, 0.2) is 59.3 Å². The first kappa shape index (κ1) is 22.6. The van der Waals surface area contributed by atoms with E-state index in [0.29, 0.717) is 6.42 Å². The maximum absolute atomic E-state index is 12.8. The summed E-state index contributed by atoms with van der Waals surface area (Å²) in [7, 11) is 0. The number of oxazole rings is 1. The largest absolute Gasteiger partial charge is 0.481 e. The molecule has 2 N–H and O–H groups in total. The second kappa shape index (κ2) is 8.90. The van der Waals surface area contributed by atoms with Gasteiger partial charge in [-0.2, -0.15) is 0 Å². The van der Waals surface area contributed by atoms with Gasteiger partial charge >= 0.3 is 12.1 Å². The van der Waals surface area contributed by atoms with E-state index in [9.17, 15) is 19.5 Å². The van der Waals surface area contributed by atoms with Crippen LogP contribution in [-0.4, -0.2) is 52.7 Å². The van der Waals surface area contributed by atoms with E-state index in [-0.39, 0.29) is 43.6 Å². The summed E-state index contributed by atoms with van der Waals surface area (Å²) >= 11 is 0. The lowest BCUT2D eigenvalue weighted by Crippen LogP contribution is -2.62. The summed E-state index contributed by atoms with van der Waals surface area (Å²) in [5.74, 6) is -1.21. The summed E-state index contributed by atoms with van der Waals surface area (Å²) in [6, 6.07) is 16.1. The molecule has 2 amide bonds. The van der Waals surface area contributed by atoms with Gasteiger partial charge < -0.3 is 24.5 Å². The van der Waals surface area contributed by atoms with Gasteiger partial charge in [0.15, 0.2) is 17.8 Å². The maximum atomic E-state index is 12.8. The highest BCUT2D eigenvalue weighted by molar-refractivity contribution is 5.95. The third kappa shape index (κ3) is 3.92. The number of benzene rings is 2. The number of likely N-dealkylation sites (tertiary alicyclic amines) is 1. The molecule has 2 heterocycles. The summed E-state index contributed by atoms with van der Waals surface area (Å²) in [4.78, 5) is 42.1. The molecular formula is C26H25N3O6. The lowest BCUT2D eigenvalue weighted by molar-refractivity contribution is -0.158. The molecule has 35 heavy (non-hydrogen) atoms. The number of nitrogens with one attached hydrogen (secondary N) is 1. The van der Waals surface area contributed by atoms with E-state index in [2.05, 4.69) is 22.4 Å². The first-order valence-electron chi connectivity index (χ1n) is 11.5. The SMILES string of the molecule is CCC1(C(=O)O)CN(C(=O)c2ncoc2CNC(=O)OCC2c3ccccc3-c3ccccc32)C1. The van der Waals surface area contributed by atoms with Crippen LogP contribution in [0.5, 0.6) is 0 Å². The zero-order valence-electron chi connectivity index (χ0n) is 19.2. The molecule has 0 unspecified atom stereocenters. The molecule has 1 aromatic heterocycles. The molecule has 5 rings (SSSR count). The number of carbonyl (C=O) groups is 3. The lowest BCUT2D eigenvalue weighted by Gasteiger charge is -2.46. The van der Waals surface area contributed by atoms with Gasteiger partial charge in [-0.15, -0.1) is 0 Å². The van der Waals surface area contributed by atoms with Gasteiger partial charge in [0.25, 0.3) is 5.91 Å². The Morgan fingerprint density at radius 3 is 2.34 bits per heavy atom. The van der Waals surface area contributed by atoms with Crippen molar-refractivity contribution in [2.75, 3.05) is 19.7 Å². The number of rotatable bonds is 7. The predicted molar refractivity (Wildman–Crippen MR) is 125 cm³/mol. The molecule has 0 spiro atoms. The summed E-state index contributed by atoms with van der Waals surface area (Å²) in [5, 5.41) is 12.0. The van der Waals surface area contributed by atoms with Gasteiger partial charge in [-0.25, -0.2) is 9.78 Å². The fraction of sp³-hybridized carbons (Fsp3) is 0.308. The van der Waals surface area contributed by atoms with Crippen LogP contribution in [0, 0.1) is 5.41 Å². The molecule has 1 aliphatic heterocycles. The van der Waals surface area contributed by atoms with Gasteiger partial charge in [-0.3, -0.25) is 9.59 Å². The molecule has 2 aliphatic rings. The molecular weight excluding hydrogens is 450 g/mol. The third-order valence-corrected chi connectivity index (χ3v) is 6.99. The number of ether oxygens (including phenoxy) is 1. The van der Waals surface area contributed by atoms with Crippen molar-refractivity contribution in [2.45, 2.75) is 25.8 Å². The number of alkyl carbamates (subject to hydrolysis) is 1. The Balaban J connectivity index is 1.18. The van der Waals surface area contributed by atoms with E-state index >= 15 is 0 Å². The zero-order valence-corrected chi connectivity index (χ0v) is 19.2. The van der Waals surface area contributed by atoms with Crippen molar-refractivity contribution in [2.24, 2.45) is 5.41 Å². The van der Waals surface area contributed by atoms with Crippen molar-refractivity contribution in [3.63, 3.8) is 0 Å². The number of nitrogens with zero attached hydrogens (tertiary/aromatic N) is 2. The normalized spacial score (nSPS) is 15.6. The number of aromatic nitrogens is 1. The van der Waals surface area contributed by atoms with Crippen molar-refractivity contribution >= 4 is 18.0 Å². The Bertz CT molecular complexity index is 1250. The van der Waals surface area contributed by atoms with Crippen molar-refractivity contribution in [3.8, 4) is 11.1 Å². The maximum Gasteiger partial charge on any atom is 0.407 e. The Morgan fingerprint density at radius 2 is 1.74 bits per heavy atom. The molecule has 2 aromatic carbocycles. The van der Waals surface area contributed by atoms with Gasteiger partial charge in [0.05, 0.1) is 6.54 Å². The summed E-state index contributed by atoms with van der Waals surface area (Å²) in [6.45, 7) is 2.11. The quantitative estimate of drug-likeness (QED) is 0.535. The van der Waals surface area contributed by atoms with Crippen LogP contribution >= 0.6 is 0 Å². The van der Waals surface area contributed by atoms with E-state index in [4.69, 9.17) is 9.15 Å². The number of carbonyl (C=O) groups excluding carboxylic acids is 2. The summed E-state index contributed by atoms with van der Waals surface area (Å²) in [6.07, 6.45) is 0.925. The monoisotopic (exact) mass is 475 g/mol. The molecule has 1 saturated heterocycles. The van der Waals surface area contributed by atoms with E-state index in [0.717, 1.165) is 28.6 Å². The zero-order chi connectivity index (χ0) is 24.6. The van der Waals surface area contributed by atoms with E-state index in [1.165, 1.54) is 4.90 Å². The minimum atomic E-state index is -0.918. The first-order chi connectivity index (χ1) is 16.9. The van der Waals surface area contributed by atoms with Gasteiger partial charge in [0, 0.05) is 19.0 Å². The topological polar surface area (TPSA) is 122 Å². The number of carboxylic acids is 1. The van der Waals surface area contributed by atoms with Crippen molar-refractivity contribution in [1.82, 2.24) is 15.2 Å². The Morgan fingerprint density at radius 1 is 1.11 bits per heavy atom. The van der Waals surface area contributed by atoms with Crippen LogP contribution in [0.1, 0.15) is 46.6 Å². The predicted octanol–water partition coefficient (Wildman–Crippen LogP) is 3.65. The molecule has 3 aromatic rings. The Hall–Kier alpha value is -4.14. The average molecular weight is 476 g/mol. The number of hydrogen-bond donors (Lipinski definition) is 2. The van der Waals surface area contributed by atoms with Gasteiger partial charge in [-0.1, -0.05) is 55.5 Å². The van der Waals surface area contributed by atoms with E-state index in [1.807, 2.05) is 36.4 Å². The van der Waals surface area contributed by atoms with Crippen molar-refractivity contribution in [1.29, 1.82) is 0 Å². The van der Waals surface area contributed by atoms with Gasteiger partial charge in [0.1, 0.15) is 12.0 Å². The summed E-state index contributed by atoms with van der Waals surface area (Å²) in [5.41, 5.74) is 3.65. The fourth-order valence-electron chi connectivity index (χ4n) is 4.86. The Kier molecular flexibility index (Phi) is 5.76. The molecule has 9 nitrogen and oxygen atoms in total. The van der Waals surface area contributed by atoms with Crippen LogP contribution in [0.4, 0.5) is 4.79 Å². The van der Waals surface area contributed by atoms with Crippen molar-refractivity contribution in [3.05, 3.63) is 77.5 Å². The van der Waals surface area contributed by atoms with Crippen LogP contribution in [0.3, 0.4) is 0 Å². The molecule has 0 saturated carbocycles. The molecule has 0 radical (unpaired) electrons. The van der Waals surface area contributed by atoms with Crippen LogP contribution in [0.25, 0.3) is 11.1 Å². The standard InChI is InChI=1S/C26H25N3O6/c1-2-26(24(31)32)13-29(14-26)23(30)22-21(35-15-28-22)11-27-25(33)34-12-20-18-9-5-3-7-16(18)17-8-4-6-10-19(17)20/h3-10,15,20H,2,11-14H2,1H3,(H,27,33)(H,31,32). The first-order valence-corrected chi connectivity index (χ1v) is 11.5. The molecule has 0 bridgehead atoms. The third-order valence-electron chi connectivity index (χ3n) is 6.99. The highest BCUT2D eigenvalue weighted by Crippen LogP contribution is 2.44. The number of aliphatic carboxylic acids is 1. The molecule has 1 fully saturated rings. The highest BCUT2D eigenvalue weighted by Gasteiger charge is 2.50. The number of fused-ring (bicyclic) bond motifs is 3. The smallest absolute Gasteiger partial charge is 0.407 e. The average Bonchev–Trinajstić information content (AvgIpc) is 3.43. The van der Waals surface area contributed by atoms with Crippen LogP contribution < -0.4 is 5.32 Å². The van der Waals surface area contributed by atoms with E-state index in [1.54, 1.807) is 6.92 Å². The minimum absolute atomic E-state index is 0.0547. The highest BCUT2D eigenvalue weighted by atomic mass is 16.5.